The molecule has 1 aliphatic heterocycles. The lowest BCUT2D eigenvalue weighted by molar-refractivity contribution is -0.883. The first-order chi connectivity index (χ1) is 5.54. The van der Waals surface area contributed by atoms with E-state index in [9.17, 15) is 25.0 Å². The predicted octanol–water partition coefficient (Wildman–Crippen LogP) is -0.893. The first-order valence-corrected chi connectivity index (χ1v) is 2.91. The number of hydrazine groups is 2. The topological polar surface area (TPSA) is 110 Å². The van der Waals surface area contributed by atoms with Gasteiger partial charge in [-0.3, -0.25) is 0 Å². The van der Waals surface area contributed by atoms with Crippen LogP contribution >= 0.6 is 0 Å². The van der Waals surface area contributed by atoms with Crippen LogP contribution in [-0.2, 0) is 0 Å². The summed E-state index contributed by atoms with van der Waals surface area (Å²) in [7, 11) is 0. The molecule has 12 heavy (non-hydrogen) atoms. The fourth-order valence-corrected chi connectivity index (χ4v) is 0.567. The largest absolute Gasteiger partial charge is 0.454 e. The molecule has 0 aromatic carbocycles. The van der Waals surface area contributed by atoms with Crippen LogP contribution < -0.4 is 0 Å². The number of hydrogen-bond donors (Lipinski definition) is 0. The molecule has 1 fully saturated rings. The van der Waals surface area contributed by atoms with Gasteiger partial charge >= 0.3 is 6.03 Å². The van der Waals surface area contributed by atoms with Gasteiger partial charge in [0.05, 0.1) is 0 Å². The Kier molecular flexibility index (Phi) is 1.77. The zero-order chi connectivity index (χ0) is 9.30. The molecule has 9 heteroatoms. The van der Waals surface area contributed by atoms with Crippen molar-refractivity contribution in [1.82, 2.24) is 10.0 Å². The minimum absolute atomic E-state index is 0.330. The first-order valence-electron chi connectivity index (χ1n) is 2.91. The molecule has 0 aromatic heterocycles. The average molecular weight is 176 g/mol. The lowest BCUT2D eigenvalue weighted by Gasteiger charge is -2.00. The summed E-state index contributed by atoms with van der Waals surface area (Å²) in [5.74, 6) is 0. The molecule has 1 aliphatic rings. The molecule has 0 N–H and O–H groups in total. The fraction of sp³-hybridized carbons (Fsp3) is 0.667. The van der Waals surface area contributed by atoms with Crippen LogP contribution in [0.4, 0.5) is 4.79 Å². The minimum atomic E-state index is -1.36. The van der Waals surface area contributed by atoms with Crippen molar-refractivity contribution in [2.75, 3.05) is 13.1 Å². The molecular formula is C3H4N4O5. The van der Waals surface area contributed by atoms with Gasteiger partial charge in [0.25, 0.3) is 5.12 Å². The van der Waals surface area contributed by atoms with Gasteiger partial charge < -0.3 is 4.90 Å². The predicted molar refractivity (Wildman–Crippen MR) is 32.8 cm³/mol. The van der Waals surface area contributed by atoms with Crippen LogP contribution in [-0.4, -0.2) is 39.2 Å². The SMILES string of the molecule is O=C(N1CC1)N([N+](=O)[O-])[N+](=O)[O-]. The second kappa shape index (κ2) is 2.60. The number of carbonyl (C=O) groups is 1. The number of nitrogens with zero attached hydrogens (tertiary/aromatic N) is 4. The Hall–Kier alpha value is -1.93. The van der Waals surface area contributed by atoms with Gasteiger partial charge in [0.15, 0.2) is 0 Å². The fourth-order valence-electron chi connectivity index (χ4n) is 0.567. The smallest absolute Gasteiger partial charge is 0.311 e. The molecular weight excluding hydrogens is 172 g/mol. The molecule has 1 rings (SSSR count). The summed E-state index contributed by atoms with van der Waals surface area (Å²) >= 11 is 0. The van der Waals surface area contributed by atoms with Gasteiger partial charge in [-0.05, 0) is 0 Å². The summed E-state index contributed by atoms with van der Waals surface area (Å²) in [5.41, 5.74) is 0. The molecule has 66 valence electrons. The van der Waals surface area contributed by atoms with Gasteiger partial charge in [-0.1, -0.05) is 0 Å². The Bertz CT molecular complexity index is 233. The number of nitro groups is 2. The van der Waals surface area contributed by atoms with Crippen molar-refractivity contribution in [1.29, 1.82) is 0 Å². The highest BCUT2D eigenvalue weighted by molar-refractivity contribution is 5.74. The van der Waals surface area contributed by atoms with E-state index in [2.05, 4.69) is 0 Å². The first kappa shape index (κ1) is 8.17. The monoisotopic (exact) mass is 176 g/mol. The zero-order valence-corrected chi connectivity index (χ0v) is 5.74. The van der Waals surface area contributed by atoms with Crippen molar-refractivity contribution in [3.05, 3.63) is 20.2 Å². The van der Waals surface area contributed by atoms with Crippen LogP contribution in [0.5, 0.6) is 0 Å². The van der Waals surface area contributed by atoms with Gasteiger partial charge in [0.1, 0.15) is 0 Å². The summed E-state index contributed by atoms with van der Waals surface area (Å²) in [6, 6.07) is -1.20. The van der Waals surface area contributed by atoms with E-state index in [0.717, 1.165) is 4.90 Å². The highest BCUT2D eigenvalue weighted by Crippen LogP contribution is 2.08. The zero-order valence-electron chi connectivity index (χ0n) is 5.74. The van der Waals surface area contributed by atoms with Crippen LogP contribution in [0, 0.1) is 20.2 Å². The molecule has 0 unspecified atom stereocenters. The van der Waals surface area contributed by atoms with E-state index in [-0.39, 0.29) is 0 Å². The maximum absolute atomic E-state index is 10.8. The second-order valence-electron chi connectivity index (χ2n) is 2.03. The molecule has 0 aromatic rings. The quantitative estimate of drug-likeness (QED) is 0.308. The highest BCUT2D eigenvalue weighted by Gasteiger charge is 2.44. The van der Waals surface area contributed by atoms with Crippen molar-refractivity contribution in [3.8, 4) is 0 Å². The molecule has 0 bridgehead atoms. The molecule has 0 atom stereocenters. The normalized spacial score (nSPS) is 13.8. The van der Waals surface area contributed by atoms with E-state index in [1.807, 2.05) is 0 Å². The molecule has 1 saturated heterocycles. The van der Waals surface area contributed by atoms with Crippen molar-refractivity contribution >= 4 is 6.03 Å². The third-order valence-electron chi connectivity index (χ3n) is 1.20. The van der Waals surface area contributed by atoms with E-state index in [4.69, 9.17) is 0 Å². The van der Waals surface area contributed by atoms with E-state index in [1.54, 1.807) is 0 Å². The van der Waals surface area contributed by atoms with Crippen LogP contribution in [0.2, 0.25) is 0 Å². The van der Waals surface area contributed by atoms with E-state index >= 15 is 0 Å². The molecule has 9 nitrogen and oxygen atoms in total. The molecule has 0 saturated carbocycles. The summed E-state index contributed by atoms with van der Waals surface area (Å²) in [6.07, 6.45) is 0. The maximum atomic E-state index is 10.8. The summed E-state index contributed by atoms with van der Waals surface area (Å²) < 4.78 is 0. The van der Waals surface area contributed by atoms with E-state index in [1.165, 1.54) is 0 Å². The molecule has 0 radical (unpaired) electrons. The number of carbonyl (C=O) groups excluding carboxylic acids is 1. The average Bonchev–Trinajstić information content (AvgIpc) is 2.64. The number of hydrogen-bond acceptors (Lipinski definition) is 5. The van der Waals surface area contributed by atoms with Crippen molar-refractivity contribution in [3.63, 3.8) is 0 Å². The maximum Gasteiger partial charge on any atom is 0.454 e. The number of rotatable bonds is 2. The standard InChI is InChI=1S/C3H4N4O5/c8-3(4-1-2-4)5(6(9)10)7(11)12/h1-2H2. The molecule has 0 spiro atoms. The van der Waals surface area contributed by atoms with Crippen LogP contribution in [0.25, 0.3) is 0 Å². The van der Waals surface area contributed by atoms with Gasteiger partial charge in [-0.25, -0.2) is 25.0 Å². The Morgan fingerprint density at radius 1 is 1.25 bits per heavy atom. The molecule has 0 aliphatic carbocycles. The molecule has 1 heterocycles. The van der Waals surface area contributed by atoms with Gasteiger partial charge in [-0.2, -0.15) is 0 Å². The van der Waals surface area contributed by atoms with E-state index in [0.29, 0.717) is 13.1 Å². The summed E-state index contributed by atoms with van der Waals surface area (Å²) in [5, 5.41) is 16.6. The van der Waals surface area contributed by atoms with Crippen molar-refractivity contribution in [2.24, 2.45) is 0 Å². The van der Waals surface area contributed by atoms with Crippen molar-refractivity contribution in [2.45, 2.75) is 0 Å². The summed E-state index contributed by atoms with van der Waals surface area (Å²) in [6.45, 7) is 0.661. The van der Waals surface area contributed by atoms with Gasteiger partial charge in [0, 0.05) is 13.1 Å². The van der Waals surface area contributed by atoms with Gasteiger partial charge in [0.2, 0.25) is 10.1 Å². The number of amides is 2. The minimum Gasteiger partial charge on any atom is -0.311 e. The Labute approximate surface area is 65.4 Å². The van der Waals surface area contributed by atoms with Crippen LogP contribution in [0.1, 0.15) is 0 Å². The lowest BCUT2D eigenvalue weighted by atomic mass is 11.0. The van der Waals surface area contributed by atoms with Crippen LogP contribution in [0.15, 0.2) is 0 Å². The van der Waals surface area contributed by atoms with Gasteiger partial charge in [-0.15, -0.1) is 0 Å². The third kappa shape index (κ3) is 1.38. The Balaban J connectivity index is 2.70. The molecule has 2 amide bonds. The van der Waals surface area contributed by atoms with E-state index < -0.39 is 21.2 Å². The second-order valence-corrected chi connectivity index (χ2v) is 2.03. The Morgan fingerprint density at radius 3 is 1.92 bits per heavy atom. The Morgan fingerprint density at radius 2 is 1.67 bits per heavy atom. The highest BCUT2D eigenvalue weighted by atomic mass is 16.8. The third-order valence-corrected chi connectivity index (χ3v) is 1.20. The van der Waals surface area contributed by atoms with Crippen LogP contribution in [0.3, 0.4) is 0 Å². The number of urea groups is 1. The van der Waals surface area contributed by atoms with Crippen molar-refractivity contribution < 1.29 is 14.9 Å². The summed E-state index contributed by atoms with van der Waals surface area (Å²) in [4.78, 5) is 31.6. The lowest BCUT2D eigenvalue weighted by Crippen LogP contribution is -2.43.